The molecular formula is C26H33N5O. The lowest BCUT2D eigenvalue weighted by molar-refractivity contribution is -0.126. The molecule has 1 saturated heterocycles. The summed E-state index contributed by atoms with van der Waals surface area (Å²) in [6.07, 6.45) is 11.7. The SMILES string of the molecule is Cc1ccc(-c2cc3c(N4CCC[C@@H](C(=O)NC5CCCCC5)C4)nccn3n2)c(C)c1. The first-order chi connectivity index (χ1) is 15.6. The van der Waals surface area contributed by atoms with Crippen LogP contribution in [-0.2, 0) is 4.79 Å². The number of hydrogen-bond donors (Lipinski definition) is 1. The summed E-state index contributed by atoms with van der Waals surface area (Å²) in [5, 5.41) is 8.16. The summed E-state index contributed by atoms with van der Waals surface area (Å²) in [7, 11) is 0. The van der Waals surface area contributed by atoms with Crippen LogP contribution in [0.3, 0.4) is 0 Å². The van der Waals surface area contributed by atoms with Gasteiger partial charge in [0.25, 0.3) is 0 Å². The molecule has 1 aliphatic heterocycles. The summed E-state index contributed by atoms with van der Waals surface area (Å²) in [5.74, 6) is 1.17. The van der Waals surface area contributed by atoms with Crippen molar-refractivity contribution in [2.24, 2.45) is 5.92 Å². The summed E-state index contributed by atoms with van der Waals surface area (Å²) in [6, 6.07) is 8.96. The number of aryl methyl sites for hydroxylation is 2. The Hall–Kier alpha value is -2.89. The second-order valence-electron chi connectivity index (χ2n) is 9.56. The van der Waals surface area contributed by atoms with Gasteiger partial charge in [-0.3, -0.25) is 4.79 Å². The van der Waals surface area contributed by atoms with Crippen molar-refractivity contribution in [2.75, 3.05) is 18.0 Å². The quantitative estimate of drug-likeness (QED) is 0.652. The zero-order chi connectivity index (χ0) is 22.1. The van der Waals surface area contributed by atoms with E-state index in [9.17, 15) is 4.79 Å². The van der Waals surface area contributed by atoms with E-state index in [1.165, 1.54) is 30.4 Å². The second-order valence-corrected chi connectivity index (χ2v) is 9.56. The molecule has 2 aromatic heterocycles. The zero-order valence-corrected chi connectivity index (χ0v) is 19.2. The average Bonchev–Trinajstić information content (AvgIpc) is 3.24. The van der Waals surface area contributed by atoms with E-state index < -0.39 is 0 Å². The van der Waals surface area contributed by atoms with E-state index >= 15 is 0 Å². The first kappa shape index (κ1) is 21.0. The topological polar surface area (TPSA) is 62.5 Å². The Morgan fingerprint density at radius 3 is 2.72 bits per heavy atom. The van der Waals surface area contributed by atoms with Gasteiger partial charge in [-0.15, -0.1) is 0 Å². The van der Waals surface area contributed by atoms with Crippen LogP contribution in [0.2, 0.25) is 0 Å². The third kappa shape index (κ3) is 4.23. The van der Waals surface area contributed by atoms with Crippen molar-refractivity contribution < 1.29 is 4.79 Å². The van der Waals surface area contributed by atoms with Crippen LogP contribution in [0.25, 0.3) is 16.8 Å². The van der Waals surface area contributed by atoms with Gasteiger partial charge in [-0.25, -0.2) is 9.50 Å². The fraction of sp³-hybridized carbons (Fsp3) is 0.500. The smallest absolute Gasteiger partial charge is 0.225 e. The zero-order valence-electron chi connectivity index (χ0n) is 19.2. The van der Waals surface area contributed by atoms with Crippen LogP contribution in [0, 0.1) is 19.8 Å². The van der Waals surface area contributed by atoms with Crippen LogP contribution < -0.4 is 10.2 Å². The summed E-state index contributed by atoms with van der Waals surface area (Å²) in [5.41, 5.74) is 5.58. The third-order valence-corrected chi connectivity index (χ3v) is 7.07. The number of rotatable bonds is 4. The van der Waals surface area contributed by atoms with Gasteiger partial charge in [-0.05, 0) is 51.2 Å². The maximum atomic E-state index is 13.0. The highest BCUT2D eigenvalue weighted by atomic mass is 16.2. The van der Waals surface area contributed by atoms with Crippen LogP contribution in [0.1, 0.15) is 56.1 Å². The van der Waals surface area contributed by atoms with E-state index in [0.29, 0.717) is 6.04 Å². The molecule has 6 nitrogen and oxygen atoms in total. The molecule has 0 radical (unpaired) electrons. The monoisotopic (exact) mass is 431 g/mol. The molecule has 1 saturated carbocycles. The Balaban J connectivity index is 1.37. The molecule has 1 N–H and O–H groups in total. The summed E-state index contributed by atoms with van der Waals surface area (Å²) < 4.78 is 1.92. The van der Waals surface area contributed by atoms with Crippen molar-refractivity contribution in [3.05, 3.63) is 47.8 Å². The number of carbonyl (C=O) groups excluding carboxylic acids is 1. The number of benzene rings is 1. The van der Waals surface area contributed by atoms with Gasteiger partial charge in [0.1, 0.15) is 5.52 Å². The van der Waals surface area contributed by atoms with E-state index in [-0.39, 0.29) is 11.8 Å². The lowest BCUT2D eigenvalue weighted by Crippen LogP contribution is -2.46. The van der Waals surface area contributed by atoms with Gasteiger partial charge in [0.2, 0.25) is 5.91 Å². The molecule has 0 bridgehead atoms. The summed E-state index contributed by atoms with van der Waals surface area (Å²) in [6.45, 7) is 5.88. The van der Waals surface area contributed by atoms with Crippen LogP contribution >= 0.6 is 0 Å². The highest BCUT2D eigenvalue weighted by molar-refractivity contribution is 5.81. The lowest BCUT2D eigenvalue weighted by Gasteiger charge is -2.34. The largest absolute Gasteiger partial charge is 0.354 e. The van der Waals surface area contributed by atoms with Crippen molar-refractivity contribution in [1.29, 1.82) is 0 Å². The fourth-order valence-corrected chi connectivity index (χ4v) is 5.33. The van der Waals surface area contributed by atoms with Crippen LogP contribution in [0.15, 0.2) is 36.7 Å². The van der Waals surface area contributed by atoms with Crippen molar-refractivity contribution in [3.8, 4) is 11.3 Å². The van der Waals surface area contributed by atoms with Gasteiger partial charge >= 0.3 is 0 Å². The molecule has 1 aromatic carbocycles. The molecule has 168 valence electrons. The minimum atomic E-state index is 0.0227. The standard InChI is InChI=1S/C26H33N5O/c1-18-10-11-22(19(2)15-18)23-16-24-25(27-12-14-31(24)29-23)30-13-6-7-20(17-30)26(32)28-21-8-4-3-5-9-21/h10-12,14-16,20-21H,3-9,13,17H2,1-2H3,(H,28,32)/t20-/m1/s1. The molecular weight excluding hydrogens is 398 g/mol. The van der Waals surface area contributed by atoms with Crippen LogP contribution in [0.4, 0.5) is 5.82 Å². The first-order valence-electron chi connectivity index (χ1n) is 12.1. The van der Waals surface area contributed by atoms with Crippen LogP contribution in [-0.4, -0.2) is 39.6 Å². The number of nitrogens with one attached hydrogen (secondary N) is 1. The highest BCUT2D eigenvalue weighted by Gasteiger charge is 2.29. The van der Waals surface area contributed by atoms with Crippen molar-refractivity contribution in [1.82, 2.24) is 19.9 Å². The number of nitrogens with zero attached hydrogens (tertiary/aromatic N) is 4. The molecule has 2 fully saturated rings. The van der Waals surface area contributed by atoms with E-state index in [2.05, 4.69) is 48.3 Å². The van der Waals surface area contributed by atoms with Gasteiger partial charge < -0.3 is 10.2 Å². The molecule has 1 atom stereocenters. The number of amides is 1. The first-order valence-corrected chi connectivity index (χ1v) is 12.1. The lowest BCUT2D eigenvalue weighted by atomic mass is 9.93. The second kappa shape index (κ2) is 8.93. The van der Waals surface area contributed by atoms with Crippen molar-refractivity contribution >= 4 is 17.2 Å². The van der Waals surface area contributed by atoms with Gasteiger partial charge in [0.05, 0.1) is 11.6 Å². The van der Waals surface area contributed by atoms with E-state index in [4.69, 9.17) is 10.1 Å². The summed E-state index contributed by atoms with van der Waals surface area (Å²) >= 11 is 0. The minimum Gasteiger partial charge on any atom is -0.354 e. The van der Waals surface area contributed by atoms with E-state index in [1.54, 1.807) is 0 Å². The third-order valence-electron chi connectivity index (χ3n) is 7.07. The molecule has 1 aliphatic carbocycles. The van der Waals surface area contributed by atoms with Gasteiger partial charge in [0.15, 0.2) is 5.82 Å². The molecule has 0 spiro atoms. The number of aromatic nitrogens is 3. The van der Waals surface area contributed by atoms with Gasteiger partial charge in [0, 0.05) is 37.1 Å². The van der Waals surface area contributed by atoms with Gasteiger partial charge in [-0.2, -0.15) is 5.10 Å². The van der Waals surface area contributed by atoms with Crippen molar-refractivity contribution in [3.63, 3.8) is 0 Å². The number of anilines is 1. The van der Waals surface area contributed by atoms with Gasteiger partial charge in [-0.1, -0.05) is 43.0 Å². The highest BCUT2D eigenvalue weighted by Crippen LogP contribution is 2.30. The Morgan fingerprint density at radius 1 is 1.06 bits per heavy atom. The van der Waals surface area contributed by atoms with E-state index in [1.807, 2.05) is 16.9 Å². The Kier molecular flexibility index (Phi) is 5.85. The fourth-order valence-electron chi connectivity index (χ4n) is 5.33. The number of hydrogen-bond acceptors (Lipinski definition) is 4. The normalized spacial score (nSPS) is 19.9. The number of piperidine rings is 1. The Morgan fingerprint density at radius 2 is 1.91 bits per heavy atom. The Bertz CT molecular complexity index is 1110. The summed E-state index contributed by atoms with van der Waals surface area (Å²) in [4.78, 5) is 20.0. The molecule has 3 aromatic rings. The Labute approximate surface area is 190 Å². The molecule has 3 heterocycles. The average molecular weight is 432 g/mol. The predicted octanol–water partition coefficient (Wildman–Crippen LogP) is 4.68. The van der Waals surface area contributed by atoms with Crippen molar-refractivity contribution in [2.45, 2.75) is 64.8 Å². The molecule has 32 heavy (non-hydrogen) atoms. The minimum absolute atomic E-state index is 0.0227. The molecule has 1 amide bonds. The van der Waals surface area contributed by atoms with Crippen LogP contribution in [0.5, 0.6) is 0 Å². The number of carbonyl (C=O) groups is 1. The molecule has 6 heteroatoms. The predicted molar refractivity (Wildman–Crippen MR) is 128 cm³/mol. The molecule has 2 aliphatic rings. The van der Waals surface area contributed by atoms with E-state index in [0.717, 1.165) is 61.4 Å². The molecule has 5 rings (SSSR count). The maximum absolute atomic E-state index is 13.0. The maximum Gasteiger partial charge on any atom is 0.225 e. The molecule has 0 unspecified atom stereocenters. The number of fused-ring (bicyclic) bond motifs is 1.